The summed E-state index contributed by atoms with van der Waals surface area (Å²) in [6.45, 7) is 4.45. The first kappa shape index (κ1) is 11.5. The largest absolute Gasteiger partial charge is 0.507 e. The minimum Gasteiger partial charge on any atom is -0.507 e. The molecular formula is C14H15NO2. The lowest BCUT2D eigenvalue weighted by atomic mass is 10.1. The SMILES string of the molecule is CCOc1cccc(O)c1-c1ccc(C)cn1. The first-order valence-corrected chi connectivity index (χ1v) is 5.60. The molecule has 0 fully saturated rings. The number of nitrogens with zero attached hydrogens (tertiary/aromatic N) is 1. The van der Waals surface area contributed by atoms with E-state index in [1.807, 2.05) is 32.0 Å². The van der Waals surface area contributed by atoms with Gasteiger partial charge in [0.15, 0.2) is 0 Å². The van der Waals surface area contributed by atoms with Crippen molar-refractivity contribution in [3.05, 3.63) is 42.1 Å². The third kappa shape index (κ3) is 2.38. The zero-order valence-electron chi connectivity index (χ0n) is 9.97. The van der Waals surface area contributed by atoms with E-state index in [2.05, 4.69) is 4.98 Å². The number of hydrogen-bond donors (Lipinski definition) is 1. The quantitative estimate of drug-likeness (QED) is 0.879. The van der Waals surface area contributed by atoms with Crippen LogP contribution < -0.4 is 4.74 Å². The molecule has 0 aliphatic carbocycles. The Morgan fingerprint density at radius 3 is 2.71 bits per heavy atom. The van der Waals surface area contributed by atoms with Gasteiger partial charge in [-0.1, -0.05) is 12.1 Å². The van der Waals surface area contributed by atoms with Gasteiger partial charge in [-0.05, 0) is 37.6 Å². The van der Waals surface area contributed by atoms with Crippen LogP contribution in [0.2, 0.25) is 0 Å². The van der Waals surface area contributed by atoms with Crippen molar-refractivity contribution in [2.24, 2.45) is 0 Å². The topological polar surface area (TPSA) is 42.4 Å². The Morgan fingerprint density at radius 2 is 2.06 bits per heavy atom. The van der Waals surface area contributed by atoms with Crippen molar-refractivity contribution in [3.63, 3.8) is 0 Å². The molecule has 0 aliphatic rings. The highest BCUT2D eigenvalue weighted by Gasteiger charge is 2.12. The van der Waals surface area contributed by atoms with Crippen molar-refractivity contribution in [1.29, 1.82) is 0 Å². The molecule has 88 valence electrons. The number of phenolic OH excluding ortho intramolecular Hbond substituents is 1. The maximum absolute atomic E-state index is 9.92. The Bertz CT molecular complexity index is 506. The Morgan fingerprint density at radius 1 is 1.24 bits per heavy atom. The van der Waals surface area contributed by atoms with Crippen LogP contribution in [0.15, 0.2) is 36.5 Å². The van der Waals surface area contributed by atoms with Gasteiger partial charge in [0.2, 0.25) is 0 Å². The zero-order chi connectivity index (χ0) is 12.3. The zero-order valence-corrected chi connectivity index (χ0v) is 9.97. The first-order chi connectivity index (χ1) is 8.22. The second kappa shape index (κ2) is 4.87. The van der Waals surface area contributed by atoms with Gasteiger partial charge in [-0.15, -0.1) is 0 Å². The Labute approximate surface area is 101 Å². The van der Waals surface area contributed by atoms with E-state index >= 15 is 0 Å². The molecule has 0 amide bonds. The molecule has 0 aliphatic heterocycles. The molecule has 0 saturated heterocycles. The van der Waals surface area contributed by atoms with Gasteiger partial charge in [-0.25, -0.2) is 0 Å². The molecule has 2 aromatic rings. The second-order valence-electron chi connectivity index (χ2n) is 3.80. The summed E-state index contributed by atoms with van der Waals surface area (Å²) in [6.07, 6.45) is 1.78. The summed E-state index contributed by atoms with van der Waals surface area (Å²) in [6, 6.07) is 9.08. The van der Waals surface area contributed by atoms with Gasteiger partial charge in [0.05, 0.1) is 17.9 Å². The summed E-state index contributed by atoms with van der Waals surface area (Å²) in [4.78, 5) is 4.31. The number of ether oxygens (including phenoxy) is 1. The van der Waals surface area contributed by atoms with Crippen LogP contribution in [0.1, 0.15) is 12.5 Å². The average Bonchev–Trinajstić information content (AvgIpc) is 2.32. The van der Waals surface area contributed by atoms with Gasteiger partial charge in [-0.3, -0.25) is 4.98 Å². The Balaban J connectivity index is 2.53. The minimum absolute atomic E-state index is 0.187. The number of phenols is 1. The summed E-state index contributed by atoms with van der Waals surface area (Å²) in [7, 11) is 0. The van der Waals surface area contributed by atoms with Crippen molar-refractivity contribution < 1.29 is 9.84 Å². The lowest BCUT2D eigenvalue weighted by molar-refractivity contribution is 0.339. The molecule has 3 nitrogen and oxygen atoms in total. The van der Waals surface area contributed by atoms with Gasteiger partial charge in [-0.2, -0.15) is 0 Å². The smallest absolute Gasteiger partial charge is 0.132 e. The Hall–Kier alpha value is -2.03. The molecule has 17 heavy (non-hydrogen) atoms. The molecule has 0 bridgehead atoms. The van der Waals surface area contributed by atoms with E-state index in [1.165, 1.54) is 0 Å². The van der Waals surface area contributed by atoms with Crippen LogP contribution in [0.25, 0.3) is 11.3 Å². The molecule has 1 N–H and O–H groups in total. The number of aryl methyl sites for hydroxylation is 1. The Kier molecular flexibility index (Phi) is 3.28. The molecule has 1 aromatic heterocycles. The summed E-state index contributed by atoms with van der Waals surface area (Å²) in [5.41, 5.74) is 2.45. The fraction of sp³-hybridized carbons (Fsp3) is 0.214. The molecule has 0 radical (unpaired) electrons. The van der Waals surface area contributed by atoms with Crippen molar-refractivity contribution in [2.45, 2.75) is 13.8 Å². The van der Waals surface area contributed by atoms with Gasteiger partial charge >= 0.3 is 0 Å². The van der Waals surface area contributed by atoms with Crippen molar-refractivity contribution in [1.82, 2.24) is 4.98 Å². The molecule has 0 spiro atoms. The third-order valence-electron chi connectivity index (χ3n) is 2.47. The first-order valence-electron chi connectivity index (χ1n) is 5.60. The lowest BCUT2D eigenvalue weighted by Crippen LogP contribution is -1.95. The molecule has 1 heterocycles. The number of rotatable bonds is 3. The molecule has 1 aromatic carbocycles. The number of aromatic hydroxyl groups is 1. The highest BCUT2D eigenvalue weighted by atomic mass is 16.5. The average molecular weight is 229 g/mol. The van der Waals surface area contributed by atoms with Crippen LogP contribution in [-0.4, -0.2) is 16.7 Å². The molecule has 2 rings (SSSR count). The molecular weight excluding hydrogens is 214 g/mol. The van der Waals surface area contributed by atoms with Gasteiger partial charge < -0.3 is 9.84 Å². The summed E-state index contributed by atoms with van der Waals surface area (Å²) in [5, 5.41) is 9.92. The highest BCUT2D eigenvalue weighted by Crippen LogP contribution is 2.36. The van der Waals surface area contributed by atoms with Gasteiger partial charge in [0, 0.05) is 6.20 Å². The molecule has 3 heteroatoms. The predicted octanol–water partition coefficient (Wildman–Crippen LogP) is 3.16. The molecule has 0 saturated carbocycles. The standard InChI is InChI=1S/C14H15NO2/c1-3-17-13-6-4-5-12(16)14(13)11-8-7-10(2)9-15-11/h4-9,16H,3H2,1-2H3. The van der Waals surface area contributed by atoms with Crippen molar-refractivity contribution in [3.8, 4) is 22.8 Å². The minimum atomic E-state index is 0.187. The van der Waals surface area contributed by atoms with E-state index in [1.54, 1.807) is 18.3 Å². The maximum atomic E-state index is 9.92. The van der Waals surface area contributed by atoms with Gasteiger partial charge in [0.25, 0.3) is 0 Å². The third-order valence-corrected chi connectivity index (χ3v) is 2.47. The monoisotopic (exact) mass is 229 g/mol. The number of pyridine rings is 1. The van der Waals surface area contributed by atoms with Crippen molar-refractivity contribution >= 4 is 0 Å². The van der Waals surface area contributed by atoms with E-state index in [9.17, 15) is 5.11 Å². The van der Waals surface area contributed by atoms with E-state index < -0.39 is 0 Å². The molecule has 0 atom stereocenters. The van der Waals surface area contributed by atoms with E-state index in [0.717, 1.165) is 11.3 Å². The molecule has 0 unspecified atom stereocenters. The number of benzene rings is 1. The second-order valence-corrected chi connectivity index (χ2v) is 3.80. The maximum Gasteiger partial charge on any atom is 0.132 e. The van der Waals surface area contributed by atoms with Crippen LogP contribution in [0.5, 0.6) is 11.5 Å². The van der Waals surface area contributed by atoms with Crippen molar-refractivity contribution in [2.75, 3.05) is 6.61 Å². The van der Waals surface area contributed by atoms with Gasteiger partial charge in [0.1, 0.15) is 11.5 Å². The fourth-order valence-electron chi connectivity index (χ4n) is 1.67. The fourth-order valence-corrected chi connectivity index (χ4v) is 1.67. The summed E-state index contributed by atoms with van der Waals surface area (Å²) in [5.74, 6) is 0.844. The highest BCUT2D eigenvalue weighted by molar-refractivity contribution is 5.73. The lowest BCUT2D eigenvalue weighted by Gasteiger charge is -2.11. The summed E-state index contributed by atoms with van der Waals surface area (Å²) >= 11 is 0. The predicted molar refractivity (Wildman–Crippen MR) is 67.2 cm³/mol. The number of hydrogen-bond acceptors (Lipinski definition) is 3. The van der Waals surface area contributed by atoms with Crippen LogP contribution in [0.4, 0.5) is 0 Å². The van der Waals surface area contributed by atoms with E-state index in [4.69, 9.17) is 4.74 Å². The van der Waals surface area contributed by atoms with E-state index in [-0.39, 0.29) is 5.75 Å². The van der Waals surface area contributed by atoms with Crippen LogP contribution >= 0.6 is 0 Å². The van der Waals surface area contributed by atoms with Crippen LogP contribution in [-0.2, 0) is 0 Å². The number of aromatic nitrogens is 1. The normalized spacial score (nSPS) is 10.2. The summed E-state index contributed by atoms with van der Waals surface area (Å²) < 4.78 is 5.50. The van der Waals surface area contributed by atoms with E-state index in [0.29, 0.717) is 17.9 Å². The van der Waals surface area contributed by atoms with Crippen LogP contribution in [0.3, 0.4) is 0 Å². The van der Waals surface area contributed by atoms with Crippen LogP contribution in [0, 0.1) is 6.92 Å².